The van der Waals surface area contributed by atoms with Crippen LogP contribution in [0.4, 0.5) is 0 Å². The average Bonchev–Trinajstić information content (AvgIpc) is 3.27. The van der Waals surface area contributed by atoms with Crippen LogP contribution in [0.3, 0.4) is 0 Å². The van der Waals surface area contributed by atoms with Gasteiger partial charge in [0, 0.05) is 11.0 Å². The molecule has 7 nitrogen and oxygen atoms in total. The van der Waals surface area contributed by atoms with Crippen molar-refractivity contribution in [1.29, 1.82) is 0 Å². The van der Waals surface area contributed by atoms with Gasteiger partial charge in [0.15, 0.2) is 5.69 Å². The van der Waals surface area contributed by atoms with Crippen molar-refractivity contribution in [3.05, 3.63) is 36.0 Å². The number of aromatic nitrogens is 5. The fourth-order valence-corrected chi connectivity index (χ4v) is 2.95. The van der Waals surface area contributed by atoms with Gasteiger partial charge in [-0.3, -0.25) is 4.68 Å². The first-order chi connectivity index (χ1) is 12.2. The molecule has 130 valence electrons. The Kier molecular flexibility index (Phi) is 4.09. The molecule has 1 saturated heterocycles. The third kappa shape index (κ3) is 3.07. The van der Waals surface area contributed by atoms with Crippen LogP contribution in [0.25, 0.3) is 23.0 Å². The molecule has 7 heteroatoms. The van der Waals surface area contributed by atoms with Crippen LogP contribution in [0, 0.1) is 5.41 Å². The Bertz CT molecular complexity index is 843. The van der Waals surface area contributed by atoms with Gasteiger partial charge in [0.05, 0.1) is 26.0 Å². The zero-order chi connectivity index (χ0) is 17.3. The highest BCUT2D eigenvalue weighted by atomic mass is 16.5. The van der Waals surface area contributed by atoms with Crippen LogP contribution < -0.4 is 0 Å². The van der Waals surface area contributed by atoms with Crippen molar-refractivity contribution in [2.45, 2.75) is 33.2 Å². The van der Waals surface area contributed by atoms with Crippen LogP contribution in [0.5, 0.6) is 0 Å². The molecule has 0 spiro atoms. The first-order valence-corrected chi connectivity index (χ1v) is 8.62. The predicted molar refractivity (Wildman–Crippen MR) is 91.7 cm³/mol. The first-order valence-electron chi connectivity index (χ1n) is 8.62. The fraction of sp³-hybridized carbons (Fsp3) is 0.444. The van der Waals surface area contributed by atoms with Crippen molar-refractivity contribution in [3.63, 3.8) is 0 Å². The zero-order valence-electron chi connectivity index (χ0n) is 14.5. The molecule has 0 aliphatic carbocycles. The van der Waals surface area contributed by atoms with E-state index in [-0.39, 0.29) is 5.41 Å². The highest BCUT2D eigenvalue weighted by Crippen LogP contribution is 2.33. The van der Waals surface area contributed by atoms with Gasteiger partial charge in [-0.25, -0.2) is 0 Å². The van der Waals surface area contributed by atoms with Gasteiger partial charge in [-0.1, -0.05) is 48.5 Å². The molecule has 0 saturated carbocycles. The van der Waals surface area contributed by atoms with E-state index in [2.05, 4.69) is 46.4 Å². The van der Waals surface area contributed by atoms with Gasteiger partial charge in [-0.15, -0.1) is 5.10 Å². The van der Waals surface area contributed by atoms with Gasteiger partial charge in [0.1, 0.15) is 0 Å². The Balaban J connectivity index is 1.52. The van der Waals surface area contributed by atoms with Gasteiger partial charge in [0.25, 0.3) is 5.89 Å². The molecule has 0 radical (unpaired) electrons. The van der Waals surface area contributed by atoms with Crippen molar-refractivity contribution in [2.24, 2.45) is 5.41 Å². The summed E-state index contributed by atoms with van der Waals surface area (Å²) in [5.74, 6) is 0.945. The van der Waals surface area contributed by atoms with E-state index >= 15 is 0 Å². The molecule has 0 atom stereocenters. The quantitative estimate of drug-likeness (QED) is 0.687. The standard InChI is InChI=1S/C18H21N5O2/c1-3-13-5-7-14(8-6-13)16-19-17(25-21-16)15-9-23(22-20-15)10-18(4-2)11-24-12-18/h5-9H,3-4,10-12H2,1-2H3. The van der Waals surface area contributed by atoms with E-state index in [0.717, 1.165) is 38.2 Å². The normalized spacial score (nSPS) is 15.9. The molecule has 0 unspecified atom stereocenters. The topological polar surface area (TPSA) is 78.9 Å². The molecule has 3 heterocycles. The van der Waals surface area contributed by atoms with Crippen LogP contribution in [-0.2, 0) is 17.7 Å². The summed E-state index contributed by atoms with van der Waals surface area (Å²) in [5, 5.41) is 12.4. The maximum absolute atomic E-state index is 5.37. The molecule has 2 aromatic heterocycles. The lowest BCUT2D eigenvalue weighted by molar-refractivity contribution is -0.125. The number of hydrogen-bond acceptors (Lipinski definition) is 6. The molecule has 1 aromatic carbocycles. The molecule has 0 N–H and O–H groups in total. The van der Waals surface area contributed by atoms with Crippen LogP contribution in [0.1, 0.15) is 25.8 Å². The van der Waals surface area contributed by atoms with Gasteiger partial charge in [-0.2, -0.15) is 4.98 Å². The minimum Gasteiger partial charge on any atom is -0.380 e. The maximum Gasteiger partial charge on any atom is 0.280 e. The smallest absolute Gasteiger partial charge is 0.280 e. The molecule has 1 aliphatic rings. The van der Waals surface area contributed by atoms with Gasteiger partial charge < -0.3 is 9.26 Å². The molecule has 0 bridgehead atoms. The van der Waals surface area contributed by atoms with Crippen molar-refractivity contribution >= 4 is 0 Å². The second-order valence-electron chi connectivity index (χ2n) is 6.62. The summed E-state index contributed by atoms with van der Waals surface area (Å²) < 4.78 is 12.6. The third-order valence-electron chi connectivity index (χ3n) is 4.87. The Morgan fingerprint density at radius 3 is 2.60 bits per heavy atom. The molecular weight excluding hydrogens is 318 g/mol. The second-order valence-corrected chi connectivity index (χ2v) is 6.62. The summed E-state index contributed by atoms with van der Waals surface area (Å²) in [6.07, 6.45) is 3.92. The second kappa shape index (κ2) is 6.40. The molecule has 1 fully saturated rings. The number of hydrogen-bond donors (Lipinski definition) is 0. The lowest BCUT2D eigenvalue weighted by Crippen LogP contribution is -2.45. The van der Waals surface area contributed by atoms with Crippen LogP contribution in [0.15, 0.2) is 35.0 Å². The van der Waals surface area contributed by atoms with Crippen LogP contribution in [-0.4, -0.2) is 38.3 Å². The average molecular weight is 339 g/mol. The largest absolute Gasteiger partial charge is 0.380 e. The molecule has 0 amide bonds. The minimum absolute atomic E-state index is 0.173. The molecular formula is C18H21N5O2. The zero-order valence-corrected chi connectivity index (χ0v) is 14.5. The number of rotatable bonds is 6. The fourth-order valence-electron chi connectivity index (χ4n) is 2.95. The van der Waals surface area contributed by atoms with Gasteiger partial charge >= 0.3 is 0 Å². The van der Waals surface area contributed by atoms with E-state index < -0.39 is 0 Å². The van der Waals surface area contributed by atoms with Crippen LogP contribution >= 0.6 is 0 Å². The predicted octanol–water partition coefficient (Wildman–Crippen LogP) is 2.98. The molecule has 3 aromatic rings. The summed E-state index contributed by atoms with van der Waals surface area (Å²) in [6.45, 7) is 6.64. The van der Waals surface area contributed by atoms with E-state index in [1.807, 2.05) is 23.0 Å². The maximum atomic E-state index is 5.37. The summed E-state index contributed by atoms with van der Waals surface area (Å²) in [4.78, 5) is 4.45. The number of benzene rings is 1. The summed E-state index contributed by atoms with van der Waals surface area (Å²) >= 11 is 0. The monoisotopic (exact) mass is 339 g/mol. The SMILES string of the molecule is CCc1ccc(-c2noc(-c3cn(CC4(CC)COC4)nn3)n2)cc1. The van der Waals surface area contributed by atoms with E-state index in [1.54, 1.807) is 0 Å². The Labute approximate surface area is 146 Å². The molecule has 1 aliphatic heterocycles. The third-order valence-corrected chi connectivity index (χ3v) is 4.87. The number of aryl methyl sites for hydroxylation is 1. The van der Waals surface area contributed by atoms with E-state index in [1.165, 1.54) is 5.56 Å². The highest BCUT2D eigenvalue weighted by molar-refractivity contribution is 5.57. The Morgan fingerprint density at radius 2 is 1.96 bits per heavy atom. The van der Waals surface area contributed by atoms with E-state index in [0.29, 0.717) is 17.4 Å². The molecule has 25 heavy (non-hydrogen) atoms. The van der Waals surface area contributed by atoms with Crippen molar-refractivity contribution in [3.8, 4) is 23.0 Å². The van der Waals surface area contributed by atoms with Crippen molar-refractivity contribution < 1.29 is 9.26 Å². The van der Waals surface area contributed by atoms with Crippen molar-refractivity contribution in [2.75, 3.05) is 13.2 Å². The number of nitrogens with zero attached hydrogens (tertiary/aromatic N) is 5. The van der Waals surface area contributed by atoms with Crippen LogP contribution in [0.2, 0.25) is 0 Å². The van der Waals surface area contributed by atoms with Crippen molar-refractivity contribution in [1.82, 2.24) is 25.1 Å². The highest BCUT2D eigenvalue weighted by Gasteiger charge is 2.37. The number of ether oxygens (including phenoxy) is 1. The lowest BCUT2D eigenvalue weighted by atomic mass is 9.83. The molecule has 4 rings (SSSR count). The Morgan fingerprint density at radius 1 is 1.16 bits per heavy atom. The van der Waals surface area contributed by atoms with Gasteiger partial charge in [0.2, 0.25) is 5.82 Å². The first kappa shape index (κ1) is 16.0. The summed E-state index contributed by atoms with van der Waals surface area (Å²) in [7, 11) is 0. The van der Waals surface area contributed by atoms with E-state index in [9.17, 15) is 0 Å². The summed E-state index contributed by atoms with van der Waals surface area (Å²) in [6, 6.07) is 8.16. The lowest BCUT2D eigenvalue weighted by Gasteiger charge is -2.40. The minimum atomic E-state index is 0.173. The Hall–Kier alpha value is -2.54. The van der Waals surface area contributed by atoms with E-state index in [4.69, 9.17) is 9.26 Å². The van der Waals surface area contributed by atoms with Gasteiger partial charge in [-0.05, 0) is 18.4 Å². The summed E-state index contributed by atoms with van der Waals surface area (Å²) in [5.41, 5.74) is 2.97.